The summed E-state index contributed by atoms with van der Waals surface area (Å²) in [4.78, 5) is 15.7. The quantitative estimate of drug-likeness (QED) is 0.813. The lowest BCUT2D eigenvalue weighted by Crippen LogP contribution is -2.17. The number of amides is 1. The molecule has 1 amide bonds. The average Bonchev–Trinajstić information content (AvgIpc) is 2.67. The highest BCUT2D eigenvalue weighted by Gasteiger charge is 2.07. The molecule has 0 bridgehead atoms. The first-order valence-electron chi connectivity index (χ1n) is 5.22. The van der Waals surface area contributed by atoms with Crippen LogP contribution in [0.1, 0.15) is 6.92 Å². The number of fused-ring (bicyclic) bond motifs is 1. The smallest absolute Gasteiger partial charge is 0.252 e. The van der Waals surface area contributed by atoms with Gasteiger partial charge in [0.05, 0.1) is 10.2 Å². The Morgan fingerprint density at radius 2 is 2.41 bits per heavy atom. The van der Waals surface area contributed by atoms with Crippen molar-refractivity contribution in [1.29, 1.82) is 0 Å². The molecule has 90 valence electrons. The molecular weight excluding hydrogens is 238 g/mol. The van der Waals surface area contributed by atoms with Crippen molar-refractivity contribution in [1.82, 2.24) is 4.98 Å². The third kappa shape index (κ3) is 2.92. The summed E-state index contributed by atoms with van der Waals surface area (Å²) in [6.45, 7) is 2.41. The predicted octanol–water partition coefficient (Wildman–Crippen LogP) is 1.85. The molecule has 0 saturated carbocycles. The minimum atomic E-state index is -0.195. The molecule has 0 unspecified atom stereocenters. The summed E-state index contributed by atoms with van der Waals surface area (Å²) >= 11 is 1.39. The zero-order valence-corrected chi connectivity index (χ0v) is 10.2. The van der Waals surface area contributed by atoms with Crippen LogP contribution in [0.3, 0.4) is 0 Å². The number of nitrogens with zero attached hydrogens (tertiary/aromatic N) is 1. The number of benzene rings is 1. The SMILES string of the molecule is CCOCC(=O)Nc1nc2ccc(N)cc2s1. The van der Waals surface area contributed by atoms with Crippen molar-refractivity contribution >= 4 is 38.3 Å². The largest absolute Gasteiger partial charge is 0.399 e. The van der Waals surface area contributed by atoms with Gasteiger partial charge < -0.3 is 10.5 Å². The van der Waals surface area contributed by atoms with E-state index in [4.69, 9.17) is 10.5 Å². The van der Waals surface area contributed by atoms with Gasteiger partial charge in [-0.2, -0.15) is 0 Å². The van der Waals surface area contributed by atoms with E-state index in [1.54, 1.807) is 6.07 Å². The van der Waals surface area contributed by atoms with E-state index in [2.05, 4.69) is 10.3 Å². The first kappa shape index (κ1) is 11.8. The number of thiazole rings is 1. The van der Waals surface area contributed by atoms with E-state index in [1.807, 2.05) is 19.1 Å². The molecular formula is C11H13N3O2S. The number of nitrogens with one attached hydrogen (secondary N) is 1. The van der Waals surface area contributed by atoms with E-state index >= 15 is 0 Å². The molecule has 3 N–H and O–H groups in total. The van der Waals surface area contributed by atoms with Crippen LogP contribution < -0.4 is 11.1 Å². The van der Waals surface area contributed by atoms with Crippen LogP contribution >= 0.6 is 11.3 Å². The van der Waals surface area contributed by atoms with Crippen LogP contribution in [0.4, 0.5) is 10.8 Å². The van der Waals surface area contributed by atoms with E-state index in [0.717, 1.165) is 10.2 Å². The molecule has 0 aliphatic rings. The van der Waals surface area contributed by atoms with Crippen LogP contribution in [0, 0.1) is 0 Å². The lowest BCUT2D eigenvalue weighted by atomic mass is 10.3. The van der Waals surface area contributed by atoms with Crippen LogP contribution in [-0.2, 0) is 9.53 Å². The van der Waals surface area contributed by atoms with Crippen LogP contribution in [0.25, 0.3) is 10.2 Å². The topological polar surface area (TPSA) is 77.2 Å². The summed E-state index contributed by atoms with van der Waals surface area (Å²) in [6, 6.07) is 5.46. The van der Waals surface area contributed by atoms with Crippen molar-refractivity contribution in [3.05, 3.63) is 18.2 Å². The molecule has 1 aromatic heterocycles. The van der Waals surface area contributed by atoms with E-state index in [-0.39, 0.29) is 12.5 Å². The highest BCUT2D eigenvalue weighted by molar-refractivity contribution is 7.22. The maximum Gasteiger partial charge on any atom is 0.252 e. The van der Waals surface area contributed by atoms with E-state index in [1.165, 1.54) is 11.3 Å². The zero-order chi connectivity index (χ0) is 12.3. The molecule has 0 fully saturated rings. The van der Waals surface area contributed by atoms with Gasteiger partial charge in [0.2, 0.25) is 0 Å². The maximum atomic E-state index is 11.4. The molecule has 17 heavy (non-hydrogen) atoms. The maximum absolute atomic E-state index is 11.4. The van der Waals surface area contributed by atoms with Crippen molar-refractivity contribution in [3.63, 3.8) is 0 Å². The minimum Gasteiger partial charge on any atom is -0.399 e. The Labute approximate surface area is 103 Å². The van der Waals surface area contributed by atoms with Crippen molar-refractivity contribution in [2.45, 2.75) is 6.92 Å². The normalized spacial score (nSPS) is 10.6. The summed E-state index contributed by atoms with van der Waals surface area (Å²) < 4.78 is 5.96. The molecule has 0 saturated heterocycles. The summed E-state index contributed by atoms with van der Waals surface area (Å²) in [5.74, 6) is -0.195. The Bertz CT molecular complexity index is 538. The third-order valence-corrected chi connectivity index (χ3v) is 3.03. The predicted molar refractivity (Wildman–Crippen MR) is 69.2 cm³/mol. The summed E-state index contributed by atoms with van der Waals surface area (Å²) in [5.41, 5.74) is 7.19. The fraction of sp³-hybridized carbons (Fsp3) is 0.273. The summed E-state index contributed by atoms with van der Waals surface area (Å²) in [5, 5.41) is 3.25. The standard InChI is InChI=1S/C11H13N3O2S/c1-2-16-6-10(15)14-11-13-8-4-3-7(12)5-9(8)17-11/h3-5H,2,6,12H2,1H3,(H,13,14,15). The van der Waals surface area contributed by atoms with Gasteiger partial charge in [-0.25, -0.2) is 4.98 Å². The lowest BCUT2D eigenvalue weighted by molar-refractivity contribution is -0.120. The number of anilines is 2. The van der Waals surface area contributed by atoms with Gasteiger partial charge in [0.25, 0.3) is 5.91 Å². The fourth-order valence-corrected chi connectivity index (χ4v) is 2.28. The number of nitrogen functional groups attached to an aromatic ring is 1. The molecule has 2 rings (SSSR count). The summed E-state index contributed by atoms with van der Waals surface area (Å²) in [6.07, 6.45) is 0. The Kier molecular flexibility index (Phi) is 3.55. The Balaban J connectivity index is 2.11. The molecule has 5 nitrogen and oxygen atoms in total. The van der Waals surface area contributed by atoms with E-state index in [0.29, 0.717) is 17.4 Å². The highest BCUT2D eigenvalue weighted by atomic mass is 32.1. The number of ether oxygens (including phenoxy) is 1. The lowest BCUT2D eigenvalue weighted by Gasteiger charge is -2.00. The fourth-order valence-electron chi connectivity index (χ4n) is 1.34. The Hall–Kier alpha value is -1.66. The monoisotopic (exact) mass is 251 g/mol. The van der Waals surface area contributed by atoms with Crippen molar-refractivity contribution < 1.29 is 9.53 Å². The summed E-state index contributed by atoms with van der Waals surface area (Å²) in [7, 11) is 0. The van der Waals surface area contributed by atoms with Crippen molar-refractivity contribution in [2.75, 3.05) is 24.3 Å². The number of hydrogen-bond acceptors (Lipinski definition) is 5. The zero-order valence-electron chi connectivity index (χ0n) is 9.40. The number of hydrogen-bond donors (Lipinski definition) is 2. The van der Waals surface area contributed by atoms with Gasteiger partial charge in [0.1, 0.15) is 6.61 Å². The Morgan fingerprint density at radius 3 is 3.18 bits per heavy atom. The van der Waals surface area contributed by atoms with Gasteiger partial charge in [-0.05, 0) is 25.1 Å². The molecule has 0 aliphatic carbocycles. The number of nitrogens with two attached hydrogens (primary N) is 1. The molecule has 0 radical (unpaired) electrons. The average molecular weight is 251 g/mol. The molecule has 6 heteroatoms. The Morgan fingerprint density at radius 1 is 1.59 bits per heavy atom. The van der Waals surface area contributed by atoms with Crippen LogP contribution in [-0.4, -0.2) is 24.1 Å². The van der Waals surface area contributed by atoms with E-state index < -0.39 is 0 Å². The molecule has 1 aromatic carbocycles. The van der Waals surface area contributed by atoms with Gasteiger partial charge in [-0.3, -0.25) is 10.1 Å². The van der Waals surface area contributed by atoms with E-state index in [9.17, 15) is 4.79 Å². The second-order valence-electron chi connectivity index (χ2n) is 3.43. The molecule has 0 spiro atoms. The van der Waals surface area contributed by atoms with Gasteiger partial charge in [-0.1, -0.05) is 11.3 Å². The van der Waals surface area contributed by atoms with Gasteiger partial charge in [0, 0.05) is 12.3 Å². The van der Waals surface area contributed by atoms with Crippen LogP contribution in [0.5, 0.6) is 0 Å². The molecule has 1 heterocycles. The second kappa shape index (κ2) is 5.11. The molecule has 2 aromatic rings. The third-order valence-electron chi connectivity index (χ3n) is 2.10. The number of aromatic nitrogens is 1. The van der Waals surface area contributed by atoms with Gasteiger partial charge in [-0.15, -0.1) is 0 Å². The second-order valence-corrected chi connectivity index (χ2v) is 4.46. The van der Waals surface area contributed by atoms with Gasteiger partial charge >= 0.3 is 0 Å². The van der Waals surface area contributed by atoms with Crippen molar-refractivity contribution in [2.24, 2.45) is 0 Å². The number of carbonyl (C=O) groups is 1. The van der Waals surface area contributed by atoms with Gasteiger partial charge in [0.15, 0.2) is 5.13 Å². The number of rotatable bonds is 4. The van der Waals surface area contributed by atoms with Crippen LogP contribution in [0.2, 0.25) is 0 Å². The molecule has 0 aliphatic heterocycles. The molecule has 0 atom stereocenters. The van der Waals surface area contributed by atoms with Crippen molar-refractivity contribution in [3.8, 4) is 0 Å². The van der Waals surface area contributed by atoms with Crippen LogP contribution in [0.15, 0.2) is 18.2 Å². The first-order valence-corrected chi connectivity index (χ1v) is 6.04. The first-order chi connectivity index (χ1) is 8.19. The number of carbonyl (C=O) groups excluding carboxylic acids is 1. The highest BCUT2D eigenvalue weighted by Crippen LogP contribution is 2.27. The minimum absolute atomic E-state index is 0.0502.